The van der Waals surface area contributed by atoms with Gasteiger partial charge in [0.1, 0.15) is 24.7 Å². The molecule has 0 aliphatic carbocycles. The molecule has 0 amide bonds. The summed E-state index contributed by atoms with van der Waals surface area (Å²) in [6.45, 7) is 6.51. The molecule has 1 heterocycles. The van der Waals surface area contributed by atoms with Crippen LogP contribution in [0.3, 0.4) is 0 Å². The number of nitrogens with zero attached hydrogens (tertiary/aromatic N) is 1. The number of aliphatic imine (C=N–C) groups is 1. The van der Waals surface area contributed by atoms with E-state index in [9.17, 15) is 4.79 Å². The van der Waals surface area contributed by atoms with E-state index in [0.717, 1.165) is 34.4 Å². The third-order valence-corrected chi connectivity index (χ3v) is 5.03. The van der Waals surface area contributed by atoms with Gasteiger partial charge < -0.3 is 14.2 Å². The number of aryl methyl sites for hydroxylation is 1. The van der Waals surface area contributed by atoms with Gasteiger partial charge in [0, 0.05) is 11.1 Å². The van der Waals surface area contributed by atoms with Crippen LogP contribution in [0.15, 0.2) is 96.1 Å². The Balaban J connectivity index is 1.46. The minimum atomic E-state index is -0.483. The molecule has 0 N–H and O–H groups in total. The standard InChI is InChI=1S/C28H25NO4/c1-3-9-21-10-7-8-13-25(21)31-16-17-32-26-15-14-20(2)18-23(26)19-24-28(30)33-27(29-24)22-11-5-4-6-12-22/h3-8,10-15,18-19H,1,9,16-17H2,2H3/b24-19+. The first-order valence-electron chi connectivity index (χ1n) is 10.8. The predicted octanol–water partition coefficient (Wildman–Crippen LogP) is 5.53. The van der Waals surface area contributed by atoms with E-state index in [0.29, 0.717) is 24.9 Å². The number of para-hydroxylation sites is 1. The van der Waals surface area contributed by atoms with Gasteiger partial charge in [0.15, 0.2) is 5.70 Å². The summed E-state index contributed by atoms with van der Waals surface area (Å²) < 4.78 is 17.2. The SMILES string of the molecule is C=CCc1ccccc1OCCOc1ccc(C)cc1/C=C1/N=C(c2ccccc2)OC1=O. The first-order chi connectivity index (χ1) is 16.1. The molecule has 0 spiro atoms. The number of ether oxygens (including phenoxy) is 3. The zero-order chi connectivity index (χ0) is 23.0. The molecule has 0 fully saturated rings. The molecule has 5 nitrogen and oxygen atoms in total. The fourth-order valence-electron chi connectivity index (χ4n) is 3.44. The highest BCUT2D eigenvalue weighted by atomic mass is 16.6. The quantitative estimate of drug-likeness (QED) is 0.190. The van der Waals surface area contributed by atoms with Crippen molar-refractivity contribution in [2.45, 2.75) is 13.3 Å². The second-order valence-electron chi connectivity index (χ2n) is 7.54. The monoisotopic (exact) mass is 439 g/mol. The molecule has 33 heavy (non-hydrogen) atoms. The van der Waals surface area contributed by atoms with Gasteiger partial charge in [0.25, 0.3) is 0 Å². The summed E-state index contributed by atoms with van der Waals surface area (Å²) in [5, 5.41) is 0. The van der Waals surface area contributed by atoms with Crippen molar-refractivity contribution in [3.05, 3.63) is 113 Å². The van der Waals surface area contributed by atoms with Crippen molar-refractivity contribution in [2.75, 3.05) is 13.2 Å². The summed E-state index contributed by atoms with van der Waals surface area (Å²) >= 11 is 0. The molecule has 0 bridgehead atoms. The molecule has 0 unspecified atom stereocenters. The maximum absolute atomic E-state index is 12.4. The lowest BCUT2D eigenvalue weighted by Gasteiger charge is -2.13. The van der Waals surface area contributed by atoms with Gasteiger partial charge in [-0.05, 0) is 55.3 Å². The van der Waals surface area contributed by atoms with Crippen LogP contribution in [-0.4, -0.2) is 25.1 Å². The van der Waals surface area contributed by atoms with E-state index in [-0.39, 0.29) is 5.70 Å². The summed E-state index contributed by atoms with van der Waals surface area (Å²) in [5.74, 6) is 1.29. The second-order valence-corrected chi connectivity index (χ2v) is 7.54. The number of carbonyl (C=O) groups is 1. The summed E-state index contributed by atoms with van der Waals surface area (Å²) in [7, 11) is 0. The number of carbonyl (C=O) groups excluding carboxylic acids is 1. The van der Waals surface area contributed by atoms with Crippen molar-refractivity contribution < 1.29 is 19.0 Å². The summed E-state index contributed by atoms with van der Waals surface area (Å²) in [5.41, 5.74) is 3.87. The summed E-state index contributed by atoms with van der Waals surface area (Å²) in [6, 6.07) is 23.0. The number of benzene rings is 3. The Morgan fingerprint density at radius 1 is 0.939 bits per heavy atom. The maximum Gasteiger partial charge on any atom is 0.363 e. The lowest BCUT2D eigenvalue weighted by atomic mass is 10.1. The number of hydrogen-bond acceptors (Lipinski definition) is 5. The van der Waals surface area contributed by atoms with E-state index in [4.69, 9.17) is 14.2 Å². The molecule has 0 atom stereocenters. The molecular formula is C28H25NO4. The van der Waals surface area contributed by atoms with Crippen molar-refractivity contribution in [2.24, 2.45) is 4.99 Å². The van der Waals surface area contributed by atoms with E-state index >= 15 is 0 Å². The fourth-order valence-corrected chi connectivity index (χ4v) is 3.44. The highest BCUT2D eigenvalue weighted by Crippen LogP contribution is 2.26. The third-order valence-electron chi connectivity index (χ3n) is 5.03. The van der Waals surface area contributed by atoms with Crippen LogP contribution in [-0.2, 0) is 16.0 Å². The summed E-state index contributed by atoms with van der Waals surface area (Å²) in [6.07, 6.45) is 4.29. The van der Waals surface area contributed by atoms with Crippen LogP contribution in [0.2, 0.25) is 0 Å². The van der Waals surface area contributed by atoms with Crippen molar-refractivity contribution in [3.8, 4) is 11.5 Å². The molecule has 1 aliphatic heterocycles. The zero-order valence-electron chi connectivity index (χ0n) is 18.5. The highest BCUT2D eigenvalue weighted by molar-refractivity contribution is 6.12. The molecular weight excluding hydrogens is 414 g/mol. The highest BCUT2D eigenvalue weighted by Gasteiger charge is 2.24. The lowest BCUT2D eigenvalue weighted by molar-refractivity contribution is -0.129. The number of allylic oxidation sites excluding steroid dienone is 1. The average molecular weight is 440 g/mol. The van der Waals surface area contributed by atoms with Gasteiger partial charge in [-0.25, -0.2) is 9.79 Å². The minimum absolute atomic E-state index is 0.235. The second kappa shape index (κ2) is 10.5. The van der Waals surface area contributed by atoms with Gasteiger partial charge in [-0.1, -0.05) is 54.1 Å². The molecule has 166 valence electrons. The van der Waals surface area contributed by atoms with Crippen molar-refractivity contribution >= 4 is 17.9 Å². The molecule has 5 heteroatoms. The first-order valence-corrected chi connectivity index (χ1v) is 10.8. The average Bonchev–Trinajstić information content (AvgIpc) is 3.20. The van der Waals surface area contributed by atoms with E-state index in [1.165, 1.54) is 0 Å². The van der Waals surface area contributed by atoms with E-state index in [1.54, 1.807) is 6.08 Å². The Kier molecular flexibility index (Phi) is 7.00. The molecule has 3 aromatic carbocycles. The van der Waals surface area contributed by atoms with Gasteiger partial charge in [-0.3, -0.25) is 0 Å². The van der Waals surface area contributed by atoms with Gasteiger partial charge >= 0.3 is 5.97 Å². The maximum atomic E-state index is 12.4. The third kappa shape index (κ3) is 5.57. The normalized spacial score (nSPS) is 14.0. The molecule has 0 radical (unpaired) electrons. The van der Waals surface area contributed by atoms with E-state index < -0.39 is 5.97 Å². The van der Waals surface area contributed by atoms with Crippen LogP contribution in [0.5, 0.6) is 11.5 Å². The Labute approximate surface area is 193 Å². The number of esters is 1. The molecule has 0 saturated heterocycles. The Bertz CT molecular complexity index is 1210. The van der Waals surface area contributed by atoms with Crippen LogP contribution in [0.1, 0.15) is 22.3 Å². The van der Waals surface area contributed by atoms with Crippen molar-refractivity contribution in [1.82, 2.24) is 0 Å². The number of cyclic esters (lactones) is 1. The molecule has 4 rings (SSSR count). The topological polar surface area (TPSA) is 57.1 Å². The van der Waals surface area contributed by atoms with Crippen molar-refractivity contribution in [3.63, 3.8) is 0 Å². The molecule has 0 saturated carbocycles. The lowest BCUT2D eigenvalue weighted by Crippen LogP contribution is -2.10. The number of rotatable bonds is 9. The summed E-state index contributed by atoms with van der Waals surface area (Å²) in [4.78, 5) is 16.8. The fraction of sp³-hybridized carbons (Fsp3) is 0.143. The van der Waals surface area contributed by atoms with Crippen LogP contribution in [0, 0.1) is 6.92 Å². The zero-order valence-corrected chi connectivity index (χ0v) is 18.5. The molecule has 0 aromatic heterocycles. The Hall–Kier alpha value is -4.12. The molecule has 1 aliphatic rings. The van der Waals surface area contributed by atoms with Gasteiger partial charge in [-0.15, -0.1) is 6.58 Å². The first kappa shape index (κ1) is 22.1. The minimum Gasteiger partial charge on any atom is -0.490 e. The smallest absolute Gasteiger partial charge is 0.363 e. The van der Waals surface area contributed by atoms with Crippen LogP contribution in [0.25, 0.3) is 6.08 Å². The van der Waals surface area contributed by atoms with Crippen LogP contribution in [0.4, 0.5) is 0 Å². The Morgan fingerprint density at radius 2 is 1.67 bits per heavy atom. The van der Waals surface area contributed by atoms with E-state index in [1.807, 2.05) is 85.8 Å². The van der Waals surface area contributed by atoms with Crippen LogP contribution < -0.4 is 9.47 Å². The van der Waals surface area contributed by atoms with Gasteiger partial charge in [-0.2, -0.15) is 0 Å². The van der Waals surface area contributed by atoms with E-state index in [2.05, 4.69) is 11.6 Å². The van der Waals surface area contributed by atoms with Gasteiger partial charge in [0.2, 0.25) is 5.90 Å². The van der Waals surface area contributed by atoms with Crippen molar-refractivity contribution in [1.29, 1.82) is 0 Å². The molecule has 3 aromatic rings. The predicted molar refractivity (Wildman–Crippen MR) is 130 cm³/mol. The van der Waals surface area contributed by atoms with Crippen LogP contribution >= 0.6 is 0 Å². The largest absolute Gasteiger partial charge is 0.490 e. The number of hydrogen-bond donors (Lipinski definition) is 0. The van der Waals surface area contributed by atoms with Gasteiger partial charge in [0.05, 0.1) is 0 Å². The Morgan fingerprint density at radius 3 is 2.45 bits per heavy atom.